The van der Waals surface area contributed by atoms with Gasteiger partial charge in [0.15, 0.2) is 5.78 Å². The Kier molecular flexibility index (Phi) is 3.49. The van der Waals surface area contributed by atoms with Gasteiger partial charge in [-0.05, 0) is 43.5 Å². The van der Waals surface area contributed by atoms with Gasteiger partial charge in [0.25, 0.3) is 0 Å². The van der Waals surface area contributed by atoms with Crippen molar-refractivity contribution in [3.8, 4) is 0 Å². The third-order valence-corrected chi connectivity index (χ3v) is 6.70. The van der Waals surface area contributed by atoms with Crippen molar-refractivity contribution in [2.45, 2.75) is 44.8 Å². The van der Waals surface area contributed by atoms with Crippen LogP contribution < -0.4 is 0 Å². The number of allylic oxidation sites excluding steroid dienone is 3. The Morgan fingerprint density at radius 2 is 2.11 bits per heavy atom. The van der Waals surface area contributed by atoms with E-state index in [2.05, 4.69) is 12.1 Å². The molecular formula is C22H20FNO4. The van der Waals surface area contributed by atoms with Crippen LogP contribution in [0.15, 0.2) is 52.7 Å². The predicted octanol–water partition coefficient (Wildman–Crippen LogP) is 3.49. The molecule has 1 saturated heterocycles. The first kappa shape index (κ1) is 17.3. The summed E-state index contributed by atoms with van der Waals surface area (Å²) in [6, 6.07) is 6.10. The number of carbonyl (C=O) groups is 2. The molecular weight excluding hydrogens is 361 g/mol. The largest absolute Gasteiger partial charge is 0.454 e. The molecule has 1 saturated carbocycles. The molecule has 0 amide bonds. The summed E-state index contributed by atoms with van der Waals surface area (Å²) in [5.74, 6) is -1.10. The van der Waals surface area contributed by atoms with E-state index in [4.69, 9.17) is 9.57 Å². The highest BCUT2D eigenvalue weighted by Crippen LogP contribution is 2.56. The highest BCUT2D eigenvalue weighted by molar-refractivity contribution is 6.07. The molecule has 6 heteroatoms. The zero-order valence-electron chi connectivity index (χ0n) is 15.7. The Bertz CT molecular complexity index is 1010. The second-order valence-corrected chi connectivity index (χ2v) is 8.33. The molecule has 0 bridgehead atoms. The summed E-state index contributed by atoms with van der Waals surface area (Å²) < 4.78 is 19.4. The number of hydrogen-bond donors (Lipinski definition) is 0. The van der Waals surface area contributed by atoms with Crippen molar-refractivity contribution in [3.05, 3.63) is 58.9 Å². The molecule has 1 unspecified atom stereocenters. The Balaban J connectivity index is 1.51. The lowest BCUT2D eigenvalue weighted by Crippen LogP contribution is -2.47. The molecule has 1 spiro atoms. The van der Waals surface area contributed by atoms with E-state index in [1.165, 1.54) is 12.1 Å². The van der Waals surface area contributed by atoms with Crippen molar-refractivity contribution in [1.29, 1.82) is 0 Å². The molecule has 1 aromatic rings. The molecule has 0 radical (unpaired) electrons. The summed E-state index contributed by atoms with van der Waals surface area (Å²) in [4.78, 5) is 31.0. The summed E-state index contributed by atoms with van der Waals surface area (Å²) in [6.45, 7) is 3.87. The van der Waals surface area contributed by atoms with E-state index < -0.39 is 17.7 Å². The van der Waals surface area contributed by atoms with Crippen LogP contribution in [0.3, 0.4) is 0 Å². The lowest BCUT2D eigenvalue weighted by Gasteiger charge is -2.43. The summed E-state index contributed by atoms with van der Waals surface area (Å²) >= 11 is 0. The highest BCUT2D eigenvalue weighted by Gasteiger charge is 2.66. The van der Waals surface area contributed by atoms with Gasteiger partial charge in [0.1, 0.15) is 11.9 Å². The second-order valence-electron chi connectivity index (χ2n) is 8.33. The molecule has 2 aliphatic heterocycles. The van der Waals surface area contributed by atoms with E-state index in [-0.39, 0.29) is 29.4 Å². The van der Waals surface area contributed by atoms with Crippen LogP contribution in [0.1, 0.15) is 38.7 Å². The quantitative estimate of drug-likeness (QED) is 0.699. The van der Waals surface area contributed by atoms with Gasteiger partial charge < -0.3 is 9.57 Å². The van der Waals surface area contributed by atoms with Crippen LogP contribution in [0.25, 0.3) is 0 Å². The SMILES string of the molecule is CC1=C2[C@H]3OC(=O)C4(CC(c5cccc(F)c5)=NO4)[C@@H]3CC[C@@]2(C)C=CC1=O. The number of halogens is 1. The Morgan fingerprint density at radius 3 is 2.89 bits per heavy atom. The summed E-state index contributed by atoms with van der Waals surface area (Å²) in [5, 5.41) is 4.13. The minimum atomic E-state index is -1.20. The Labute approximate surface area is 161 Å². The lowest BCUT2D eigenvalue weighted by atomic mass is 9.60. The van der Waals surface area contributed by atoms with E-state index in [0.29, 0.717) is 23.3 Å². The maximum Gasteiger partial charge on any atom is 0.354 e. The van der Waals surface area contributed by atoms with E-state index in [1.807, 2.05) is 6.08 Å². The van der Waals surface area contributed by atoms with Crippen LogP contribution in [-0.2, 0) is 19.2 Å². The average Bonchev–Trinajstić information content (AvgIpc) is 3.22. The fourth-order valence-corrected chi connectivity index (χ4v) is 5.17. The van der Waals surface area contributed by atoms with Gasteiger partial charge in [-0.15, -0.1) is 0 Å². The van der Waals surface area contributed by atoms with Crippen LogP contribution in [0.4, 0.5) is 4.39 Å². The molecule has 0 N–H and O–H groups in total. The fraction of sp³-hybridized carbons (Fsp3) is 0.409. The van der Waals surface area contributed by atoms with Gasteiger partial charge >= 0.3 is 5.97 Å². The normalized spacial score (nSPS) is 36.2. The molecule has 1 aromatic carbocycles. The van der Waals surface area contributed by atoms with Crippen molar-refractivity contribution in [1.82, 2.24) is 0 Å². The van der Waals surface area contributed by atoms with E-state index in [1.54, 1.807) is 25.1 Å². The Hall–Kier alpha value is -2.76. The first-order chi connectivity index (χ1) is 13.3. The third kappa shape index (κ3) is 2.20. The van der Waals surface area contributed by atoms with Crippen molar-refractivity contribution >= 4 is 17.5 Å². The van der Waals surface area contributed by atoms with Gasteiger partial charge in [0.2, 0.25) is 5.60 Å². The molecule has 4 atom stereocenters. The maximum absolute atomic E-state index is 13.6. The number of ketones is 1. The third-order valence-electron chi connectivity index (χ3n) is 6.70. The molecule has 0 aromatic heterocycles. The van der Waals surface area contributed by atoms with Gasteiger partial charge in [-0.2, -0.15) is 0 Å². The first-order valence-corrected chi connectivity index (χ1v) is 9.51. The molecule has 2 aliphatic carbocycles. The number of ether oxygens (including phenoxy) is 1. The topological polar surface area (TPSA) is 65.0 Å². The zero-order valence-corrected chi connectivity index (χ0v) is 15.7. The van der Waals surface area contributed by atoms with E-state index in [9.17, 15) is 14.0 Å². The van der Waals surface area contributed by atoms with E-state index >= 15 is 0 Å². The van der Waals surface area contributed by atoms with Crippen LogP contribution >= 0.6 is 0 Å². The minimum Gasteiger partial charge on any atom is -0.454 e. The molecule has 5 nitrogen and oxygen atoms in total. The van der Waals surface area contributed by atoms with E-state index in [0.717, 1.165) is 12.0 Å². The number of fused-ring (bicyclic) bond motifs is 4. The summed E-state index contributed by atoms with van der Waals surface area (Å²) in [6.07, 6.45) is 4.79. The monoisotopic (exact) mass is 381 g/mol. The minimum absolute atomic E-state index is 0.0471. The molecule has 2 fully saturated rings. The zero-order chi connectivity index (χ0) is 19.7. The highest BCUT2D eigenvalue weighted by atomic mass is 19.1. The molecule has 5 rings (SSSR count). The summed E-state index contributed by atoms with van der Waals surface area (Å²) in [7, 11) is 0. The van der Waals surface area contributed by atoms with Crippen LogP contribution in [0.2, 0.25) is 0 Å². The second kappa shape index (κ2) is 5.63. The average molecular weight is 381 g/mol. The van der Waals surface area contributed by atoms with Gasteiger partial charge in [0.05, 0.1) is 11.6 Å². The molecule has 28 heavy (non-hydrogen) atoms. The van der Waals surface area contributed by atoms with Crippen LogP contribution in [0.5, 0.6) is 0 Å². The van der Waals surface area contributed by atoms with Crippen LogP contribution in [0, 0.1) is 17.2 Å². The number of rotatable bonds is 1. The standard InChI is InChI=1S/C22H20FNO4/c1-12-17(25)7-9-21(2)8-6-15-19(18(12)21)27-20(26)22(15)11-16(24-28-22)13-4-3-5-14(23)10-13/h3-5,7,9-10,15,19H,6,8,11H2,1-2H3/t15-,19+,21+,22?/m1/s1. The smallest absolute Gasteiger partial charge is 0.354 e. The first-order valence-electron chi connectivity index (χ1n) is 9.51. The van der Waals surface area contributed by atoms with Gasteiger partial charge in [0, 0.05) is 23.0 Å². The number of nitrogens with zero attached hydrogens (tertiary/aromatic N) is 1. The van der Waals surface area contributed by atoms with Crippen molar-refractivity contribution < 1.29 is 23.6 Å². The lowest BCUT2D eigenvalue weighted by molar-refractivity contribution is -0.158. The van der Waals surface area contributed by atoms with Crippen LogP contribution in [-0.4, -0.2) is 29.2 Å². The number of hydrogen-bond acceptors (Lipinski definition) is 5. The van der Waals surface area contributed by atoms with Gasteiger partial charge in [-0.25, -0.2) is 9.18 Å². The van der Waals surface area contributed by atoms with Gasteiger partial charge in [-0.3, -0.25) is 4.79 Å². The molecule has 4 aliphatic rings. The molecule has 2 heterocycles. The number of oxime groups is 1. The number of benzene rings is 1. The summed E-state index contributed by atoms with van der Waals surface area (Å²) in [5.41, 5.74) is 1.16. The van der Waals surface area contributed by atoms with Crippen molar-refractivity contribution in [3.63, 3.8) is 0 Å². The number of carbonyl (C=O) groups excluding carboxylic acids is 2. The van der Waals surface area contributed by atoms with Crippen molar-refractivity contribution in [2.24, 2.45) is 16.5 Å². The fourth-order valence-electron chi connectivity index (χ4n) is 5.17. The molecule has 144 valence electrons. The van der Waals surface area contributed by atoms with Crippen molar-refractivity contribution in [2.75, 3.05) is 0 Å². The Morgan fingerprint density at radius 1 is 1.29 bits per heavy atom. The number of esters is 1. The predicted molar refractivity (Wildman–Crippen MR) is 98.9 cm³/mol. The maximum atomic E-state index is 13.6. The van der Waals surface area contributed by atoms with Gasteiger partial charge in [-0.1, -0.05) is 30.3 Å².